The summed E-state index contributed by atoms with van der Waals surface area (Å²) in [6.45, 7) is 2.64. The second-order valence-electron chi connectivity index (χ2n) is 4.97. The normalized spacial score (nSPS) is 12.3. The van der Waals surface area contributed by atoms with Crippen molar-refractivity contribution in [1.29, 1.82) is 0 Å². The molecule has 8 heteroatoms. The van der Waals surface area contributed by atoms with E-state index in [1.165, 1.54) is 0 Å². The van der Waals surface area contributed by atoms with Gasteiger partial charge in [0.25, 0.3) is 0 Å². The number of nitrogen functional groups attached to an aromatic ring is 1. The van der Waals surface area contributed by atoms with Crippen LogP contribution in [-0.4, -0.2) is 51.4 Å². The van der Waals surface area contributed by atoms with Crippen molar-refractivity contribution in [2.45, 2.75) is 18.2 Å². The zero-order valence-corrected chi connectivity index (χ0v) is 13.3. The van der Waals surface area contributed by atoms with Crippen LogP contribution in [0.25, 0.3) is 0 Å². The van der Waals surface area contributed by atoms with E-state index >= 15 is 0 Å². The lowest BCUT2D eigenvalue weighted by atomic mass is 10.3. The molecule has 0 unspecified atom stereocenters. The predicted octanol–water partition coefficient (Wildman–Crippen LogP) is 1.51. The summed E-state index contributed by atoms with van der Waals surface area (Å²) in [6, 6.07) is 1.62. The Balaban J connectivity index is 3.08. The summed E-state index contributed by atoms with van der Waals surface area (Å²) in [6.07, 6.45) is 0.568. The molecule has 1 rings (SSSR count). The number of hydrogen-bond donors (Lipinski definition) is 1. The number of benzene rings is 1. The molecule has 120 valence electrons. The molecule has 0 radical (unpaired) electrons. The lowest BCUT2D eigenvalue weighted by Crippen LogP contribution is -2.34. The van der Waals surface area contributed by atoms with Crippen LogP contribution in [0.4, 0.5) is 14.5 Å². The van der Waals surface area contributed by atoms with E-state index in [2.05, 4.69) is 0 Å². The highest BCUT2D eigenvalue weighted by atomic mass is 32.2. The maximum absolute atomic E-state index is 13.8. The van der Waals surface area contributed by atoms with Crippen molar-refractivity contribution >= 4 is 15.7 Å². The van der Waals surface area contributed by atoms with Gasteiger partial charge in [0.2, 0.25) is 10.0 Å². The minimum absolute atomic E-state index is 0.138. The molecule has 0 fully saturated rings. The van der Waals surface area contributed by atoms with E-state index < -0.39 is 26.6 Å². The number of halogens is 2. The first-order valence-electron chi connectivity index (χ1n) is 6.59. The standard InChI is InChI=1S/C13H21F2N3O2S/c1-4-18(7-5-6-17(2)3)21(19,20)13-11(14)8-10(16)9-12(13)15/h8-9H,4-7,16H2,1-3H3. The molecule has 0 heterocycles. The quantitative estimate of drug-likeness (QED) is 0.773. The minimum Gasteiger partial charge on any atom is -0.399 e. The first kappa shape index (κ1) is 17.8. The summed E-state index contributed by atoms with van der Waals surface area (Å²) < 4.78 is 53.5. The maximum Gasteiger partial charge on any atom is 0.248 e. The van der Waals surface area contributed by atoms with Gasteiger partial charge >= 0.3 is 0 Å². The van der Waals surface area contributed by atoms with Crippen LogP contribution in [0.2, 0.25) is 0 Å². The van der Waals surface area contributed by atoms with Crippen molar-refractivity contribution in [2.24, 2.45) is 0 Å². The predicted molar refractivity (Wildman–Crippen MR) is 78.4 cm³/mol. The minimum atomic E-state index is -4.22. The van der Waals surface area contributed by atoms with E-state index in [-0.39, 0.29) is 18.8 Å². The van der Waals surface area contributed by atoms with Crippen molar-refractivity contribution in [3.8, 4) is 0 Å². The second kappa shape index (κ2) is 7.15. The Morgan fingerprint density at radius 1 is 1.14 bits per heavy atom. The smallest absolute Gasteiger partial charge is 0.248 e. The highest BCUT2D eigenvalue weighted by Crippen LogP contribution is 2.25. The van der Waals surface area contributed by atoms with E-state index in [1.807, 2.05) is 19.0 Å². The van der Waals surface area contributed by atoms with Crippen molar-refractivity contribution in [3.05, 3.63) is 23.8 Å². The molecule has 0 bridgehead atoms. The van der Waals surface area contributed by atoms with E-state index in [9.17, 15) is 17.2 Å². The van der Waals surface area contributed by atoms with Crippen LogP contribution >= 0.6 is 0 Å². The van der Waals surface area contributed by atoms with Crippen LogP contribution in [0.5, 0.6) is 0 Å². The van der Waals surface area contributed by atoms with Crippen LogP contribution in [0, 0.1) is 11.6 Å². The van der Waals surface area contributed by atoms with Gasteiger partial charge in [-0.05, 0) is 39.2 Å². The summed E-state index contributed by atoms with van der Waals surface area (Å²) in [5, 5.41) is 0. The molecule has 5 nitrogen and oxygen atoms in total. The Hall–Kier alpha value is -1.25. The molecule has 1 aromatic rings. The van der Waals surface area contributed by atoms with Crippen molar-refractivity contribution < 1.29 is 17.2 Å². The van der Waals surface area contributed by atoms with Gasteiger partial charge in [-0.2, -0.15) is 4.31 Å². The topological polar surface area (TPSA) is 66.6 Å². The summed E-state index contributed by atoms with van der Waals surface area (Å²) in [7, 11) is -0.488. The molecule has 0 aliphatic rings. The molecule has 1 aromatic carbocycles. The fourth-order valence-corrected chi connectivity index (χ4v) is 3.54. The van der Waals surface area contributed by atoms with E-state index in [1.54, 1.807) is 6.92 Å². The van der Waals surface area contributed by atoms with Gasteiger partial charge in [0.15, 0.2) is 4.90 Å². The molecular formula is C13H21F2N3O2S. The fourth-order valence-electron chi connectivity index (χ4n) is 1.97. The molecule has 0 saturated carbocycles. The largest absolute Gasteiger partial charge is 0.399 e. The monoisotopic (exact) mass is 321 g/mol. The molecule has 21 heavy (non-hydrogen) atoms. The SMILES string of the molecule is CCN(CCCN(C)C)S(=O)(=O)c1c(F)cc(N)cc1F. The van der Waals surface area contributed by atoms with Crippen LogP contribution < -0.4 is 5.73 Å². The zero-order valence-electron chi connectivity index (χ0n) is 12.4. The highest BCUT2D eigenvalue weighted by Gasteiger charge is 2.30. The molecule has 0 aromatic heterocycles. The Bertz CT molecular complexity index is 568. The number of nitrogens with zero attached hydrogens (tertiary/aromatic N) is 2. The third-order valence-corrected chi connectivity index (χ3v) is 5.01. The number of hydrogen-bond acceptors (Lipinski definition) is 4. The van der Waals surface area contributed by atoms with Crippen LogP contribution in [0.3, 0.4) is 0 Å². The summed E-state index contributed by atoms with van der Waals surface area (Å²) in [5.74, 6) is -2.34. The Kier molecular flexibility index (Phi) is 6.06. The van der Waals surface area contributed by atoms with Crippen molar-refractivity contribution in [1.82, 2.24) is 9.21 Å². The number of rotatable bonds is 7. The van der Waals surface area contributed by atoms with Gasteiger partial charge in [0.05, 0.1) is 0 Å². The van der Waals surface area contributed by atoms with Crippen LogP contribution in [0.1, 0.15) is 13.3 Å². The lowest BCUT2D eigenvalue weighted by molar-refractivity contribution is 0.354. The lowest BCUT2D eigenvalue weighted by Gasteiger charge is -2.22. The maximum atomic E-state index is 13.8. The summed E-state index contributed by atoms with van der Waals surface area (Å²) >= 11 is 0. The molecule has 0 atom stereocenters. The van der Waals surface area contributed by atoms with Crippen molar-refractivity contribution in [2.75, 3.05) is 39.5 Å². The molecule has 0 spiro atoms. The Morgan fingerprint density at radius 3 is 2.10 bits per heavy atom. The van der Waals surface area contributed by atoms with E-state index in [4.69, 9.17) is 5.73 Å². The van der Waals surface area contributed by atoms with E-state index in [0.717, 1.165) is 16.4 Å². The average Bonchev–Trinajstić information content (AvgIpc) is 2.32. The van der Waals surface area contributed by atoms with Gasteiger partial charge in [-0.25, -0.2) is 17.2 Å². The molecule has 0 aliphatic heterocycles. The van der Waals surface area contributed by atoms with Gasteiger partial charge in [0.1, 0.15) is 11.6 Å². The molecule has 0 aliphatic carbocycles. The second-order valence-corrected chi connectivity index (χ2v) is 6.84. The Labute approximate surface area is 124 Å². The van der Waals surface area contributed by atoms with Gasteiger partial charge < -0.3 is 10.6 Å². The fraction of sp³-hybridized carbons (Fsp3) is 0.538. The van der Waals surface area contributed by atoms with Gasteiger partial charge in [0, 0.05) is 18.8 Å². The first-order valence-corrected chi connectivity index (χ1v) is 8.03. The van der Waals surface area contributed by atoms with Crippen LogP contribution in [0.15, 0.2) is 17.0 Å². The van der Waals surface area contributed by atoms with Crippen molar-refractivity contribution in [3.63, 3.8) is 0 Å². The number of anilines is 1. The third kappa shape index (κ3) is 4.36. The van der Waals surface area contributed by atoms with Gasteiger partial charge in [-0.1, -0.05) is 6.92 Å². The highest BCUT2D eigenvalue weighted by molar-refractivity contribution is 7.89. The first-order chi connectivity index (χ1) is 9.70. The third-order valence-electron chi connectivity index (χ3n) is 2.98. The zero-order chi connectivity index (χ0) is 16.2. The molecule has 0 saturated heterocycles. The van der Waals surface area contributed by atoms with E-state index in [0.29, 0.717) is 13.0 Å². The van der Waals surface area contributed by atoms with Crippen LogP contribution in [-0.2, 0) is 10.0 Å². The average molecular weight is 321 g/mol. The number of sulfonamides is 1. The number of nitrogens with two attached hydrogens (primary N) is 1. The molecule has 0 amide bonds. The Morgan fingerprint density at radius 2 is 1.67 bits per heavy atom. The van der Waals surface area contributed by atoms with Gasteiger partial charge in [-0.3, -0.25) is 0 Å². The molecule has 2 N–H and O–H groups in total. The van der Waals surface area contributed by atoms with Gasteiger partial charge in [-0.15, -0.1) is 0 Å². The molecular weight excluding hydrogens is 300 g/mol. The summed E-state index contributed by atoms with van der Waals surface area (Å²) in [4.78, 5) is 0.966. The summed E-state index contributed by atoms with van der Waals surface area (Å²) in [5.41, 5.74) is 5.15.